The quantitative estimate of drug-likeness (QED) is 0.486. The molecule has 6 nitrogen and oxygen atoms in total. The summed E-state index contributed by atoms with van der Waals surface area (Å²) in [6, 6.07) is 1.67. The Morgan fingerprint density at radius 1 is 1.17 bits per heavy atom. The summed E-state index contributed by atoms with van der Waals surface area (Å²) < 4.78 is 27.7. The van der Waals surface area contributed by atoms with Gasteiger partial charge < -0.3 is 23.3 Å². The highest BCUT2D eigenvalue weighted by molar-refractivity contribution is 9.10. The molecule has 0 aliphatic rings. The predicted octanol–water partition coefficient (Wildman–Crippen LogP) is 3.23. The van der Waals surface area contributed by atoms with Crippen molar-refractivity contribution in [1.82, 2.24) is 0 Å². The van der Waals surface area contributed by atoms with E-state index in [2.05, 4.69) is 22.2 Å². The van der Waals surface area contributed by atoms with Crippen molar-refractivity contribution < 1.29 is 28.1 Å². The zero-order valence-electron chi connectivity index (χ0n) is 14.0. The van der Waals surface area contributed by atoms with Crippen molar-refractivity contribution in [1.29, 1.82) is 0 Å². The number of methoxy groups -OCH3 is 3. The van der Waals surface area contributed by atoms with Crippen LogP contribution in [0.4, 0.5) is 0 Å². The second kappa shape index (κ2) is 8.73. The zero-order valence-corrected chi connectivity index (χ0v) is 16.5. The highest BCUT2D eigenvalue weighted by atomic mass is 79.9. The van der Waals surface area contributed by atoms with E-state index in [1.165, 1.54) is 21.3 Å². The average molecular weight is 409 g/mol. The van der Waals surface area contributed by atoms with Gasteiger partial charge in [-0.25, -0.2) is 4.79 Å². The molecule has 23 heavy (non-hydrogen) atoms. The van der Waals surface area contributed by atoms with Crippen LogP contribution in [0.3, 0.4) is 0 Å². The van der Waals surface area contributed by atoms with Gasteiger partial charge in [0, 0.05) is 5.30 Å². The van der Waals surface area contributed by atoms with Gasteiger partial charge in [-0.3, -0.25) is 0 Å². The van der Waals surface area contributed by atoms with Crippen LogP contribution in [-0.2, 0) is 13.8 Å². The molecule has 0 amide bonds. The van der Waals surface area contributed by atoms with Crippen LogP contribution in [-0.4, -0.2) is 46.8 Å². The third-order valence-electron chi connectivity index (χ3n) is 3.02. The number of hydrogen-bond donors (Lipinski definition) is 0. The molecule has 0 N–H and O–H groups in total. The first kappa shape index (κ1) is 20.0. The normalized spacial score (nSPS) is 11.2. The second-order valence-electron chi connectivity index (χ2n) is 4.32. The van der Waals surface area contributed by atoms with Crippen molar-refractivity contribution >= 4 is 40.8 Å². The molecule has 0 saturated carbocycles. The van der Waals surface area contributed by atoms with E-state index in [-0.39, 0.29) is 5.56 Å². The largest absolute Gasteiger partial charge is 0.495 e. The number of esters is 1. The molecule has 0 aromatic heterocycles. The summed E-state index contributed by atoms with van der Waals surface area (Å²) in [5, 5.41) is 0.477. The number of ether oxygens (including phenoxy) is 3. The fourth-order valence-corrected chi connectivity index (χ4v) is 4.77. The molecule has 0 atom stereocenters. The van der Waals surface area contributed by atoms with Gasteiger partial charge in [-0.2, -0.15) is 0 Å². The molecular weight excluding hydrogens is 387 g/mol. The monoisotopic (exact) mass is 408 g/mol. The van der Waals surface area contributed by atoms with Crippen molar-refractivity contribution in [2.24, 2.45) is 0 Å². The lowest BCUT2D eigenvalue weighted by Gasteiger charge is -2.27. The molecule has 130 valence electrons. The van der Waals surface area contributed by atoms with Crippen molar-refractivity contribution in [2.45, 2.75) is 13.8 Å². The van der Waals surface area contributed by atoms with Crippen LogP contribution in [0.2, 0.25) is 0 Å². The number of halogens is 1. The van der Waals surface area contributed by atoms with Gasteiger partial charge in [-0.1, -0.05) is 0 Å². The van der Waals surface area contributed by atoms with E-state index in [1.54, 1.807) is 6.07 Å². The van der Waals surface area contributed by atoms with Gasteiger partial charge in [-0.15, -0.1) is 0 Å². The summed E-state index contributed by atoms with van der Waals surface area (Å²) in [6.45, 7) is 4.45. The Morgan fingerprint density at radius 2 is 1.74 bits per heavy atom. The molecular formula is C15H22BrO6P. The SMILES string of the molecule is C=P(OCC)(OCC)c1cc(OC)c(Br)c(OC)c1C(=O)OC. The van der Waals surface area contributed by atoms with Crippen LogP contribution in [0.1, 0.15) is 24.2 Å². The van der Waals surface area contributed by atoms with Gasteiger partial charge in [0.15, 0.2) is 5.75 Å². The molecule has 1 aromatic carbocycles. The van der Waals surface area contributed by atoms with Crippen LogP contribution in [0.15, 0.2) is 10.5 Å². The standard InChI is InChI=1S/C15H22BrO6P/c1-7-21-23(6,22-8-2)11-9-10(18-3)13(16)14(19-4)12(11)15(17)20-5/h9H,6-8H2,1-5H3. The molecule has 0 heterocycles. The highest BCUT2D eigenvalue weighted by Crippen LogP contribution is 2.51. The van der Waals surface area contributed by atoms with Crippen LogP contribution in [0, 0.1) is 0 Å². The van der Waals surface area contributed by atoms with E-state index >= 15 is 0 Å². The summed E-state index contributed by atoms with van der Waals surface area (Å²) in [4.78, 5) is 12.3. The van der Waals surface area contributed by atoms with E-state index in [0.29, 0.717) is 34.5 Å². The Hall–Kier alpha value is -1.01. The van der Waals surface area contributed by atoms with Gasteiger partial charge in [-0.05, 0) is 42.1 Å². The number of carbonyl (C=O) groups is 1. The number of carbonyl (C=O) groups excluding carboxylic acids is 1. The van der Waals surface area contributed by atoms with Crippen molar-refractivity contribution in [3.63, 3.8) is 0 Å². The summed E-state index contributed by atoms with van der Waals surface area (Å²) in [6.07, 6.45) is 4.11. The first-order valence-electron chi connectivity index (χ1n) is 6.95. The van der Waals surface area contributed by atoms with Crippen molar-refractivity contribution in [3.05, 3.63) is 16.1 Å². The maximum Gasteiger partial charge on any atom is 0.342 e. The Morgan fingerprint density at radius 3 is 2.13 bits per heavy atom. The zero-order chi connectivity index (χ0) is 17.6. The molecule has 0 radical (unpaired) electrons. The molecule has 0 fully saturated rings. The first-order valence-corrected chi connectivity index (χ1v) is 9.56. The van der Waals surface area contributed by atoms with E-state index in [9.17, 15) is 4.79 Å². The summed E-state index contributed by atoms with van der Waals surface area (Å²) in [5.41, 5.74) is 0.216. The predicted molar refractivity (Wildman–Crippen MR) is 95.5 cm³/mol. The molecule has 0 spiro atoms. The van der Waals surface area contributed by atoms with E-state index in [4.69, 9.17) is 23.3 Å². The third kappa shape index (κ3) is 4.10. The Kier molecular flexibility index (Phi) is 7.61. The van der Waals surface area contributed by atoms with Gasteiger partial charge in [0.2, 0.25) is 0 Å². The van der Waals surface area contributed by atoms with Crippen molar-refractivity contribution in [3.8, 4) is 11.5 Å². The van der Waals surface area contributed by atoms with Gasteiger partial charge >= 0.3 is 5.97 Å². The third-order valence-corrected chi connectivity index (χ3v) is 6.21. The fourth-order valence-electron chi connectivity index (χ4n) is 2.10. The fraction of sp³-hybridized carbons (Fsp3) is 0.467. The molecule has 0 bridgehead atoms. The van der Waals surface area contributed by atoms with E-state index in [0.717, 1.165) is 0 Å². The van der Waals surface area contributed by atoms with E-state index in [1.807, 2.05) is 13.8 Å². The summed E-state index contributed by atoms with van der Waals surface area (Å²) in [7, 11) is 1.52. The van der Waals surface area contributed by atoms with Crippen LogP contribution >= 0.6 is 23.3 Å². The average Bonchev–Trinajstić information content (AvgIpc) is 2.53. The number of benzene rings is 1. The molecule has 0 unspecified atom stereocenters. The lowest BCUT2D eigenvalue weighted by atomic mass is 10.2. The molecule has 0 aliphatic heterocycles. The molecule has 8 heteroatoms. The van der Waals surface area contributed by atoms with Crippen molar-refractivity contribution in [2.75, 3.05) is 34.5 Å². The number of hydrogen-bond acceptors (Lipinski definition) is 6. The Labute approximate surface area is 145 Å². The highest BCUT2D eigenvalue weighted by Gasteiger charge is 2.32. The Balaban J connectivity index is 3.80. The summed E-state index contributed by atoms with van der Waals surface area (Å²) >= 11 is 3.38. The first-order chi connectivity index (χ1) is 10.9. The topological polar surface area (TPSA) is 63.2 Å². The smallest absolute Gasteiger partial charge is 0.342 e. The molecule has 0 aliphatic carbocycles. The maximum absolute atomic E-state index is 12.3. The molecule has 1 aromatic rings. The summed E-state index contributed by atoms with van der Waals surface area (Å²) in [5.74, 6) is 0.211. The Bertz CT molecular complexity index is 606. The van der Waals surface area contributed by atoms with Crippen LogP contribution in [0.25, 0.3) is 0 Å². The van der Waals surface area contributed by atoms with E-state index < -0.39 is 13.3 Å². The lowest BCUT2D eigenvalue weighted by molar-refractivity contribution is 0.0598. The molecule has 0 saturated heterocycles. The van der Waals surface area contributed by atoms with Gasteiger partial charge in [0.1, 0.15) is 23.1 Å². The minimum Gasteiger partial charge on any atom is -0.495 e. The maximum atomic E-state index is 12.3. The van der Waals surface area contributed by atoms with Crippen LogP contribution < -0.4 is 14.8 Å². The lowest BCUT2D eigenvalue weighted by Crippen LogP contribution is -2.22. The minimum atomic E-state index is -2.76. The van der Waals surface area contributed by atoms with Gasteiger partial charge in [0.05, 0.1) is 34.5 Å². The van der Waals surface area contributed by atoms with Crippen LogP contribution in [0.5, 0.6) is 11.5 Å². The molecule has 1 rings (SSSR count). The second-order valence-corrected chi connectivity index (χ2v) is 7.46. The number of rotatable bonds is 8. The van der Waals surface area contributed by atoms with Gasteiger partial charge in [0.25, 0.3) is 0 Å². The minimum absolute atomic E-state index is 0.216.